The molecule has 0 amide bonds. The lowest BCUT2D eigenvalue weighted by atomic mass is 10.2. The van der Waals surface area contributed by atoms with Gasteiger partial charge in [0.05, 0.1) is 11.1 Å². The maximum Gasteiger partial charge on any atom is 0.214 e. The summed E-state index contributed by atoms with van der Waals surface area (Å²) in [6, 6.07) is 5.40. The fraction of sp³-hybridized carbons (Fsp3) is 0.273. The highest BCUT2D eigenvalue weighted by atomic mass is 35.5. The first-order valence-electron chi connectivity index (χ1n) is 4.90. The lowest BCUT2D eigenvalue weighted by Crippen LogP contribution is -2.05. The Morgan fingerprint density at radius 3 is 2.75 bits per heavy atom. The van der Waals surface area contributed by atoms with E-state index in [0.717, 1.165) is 5.56 Å². The Labute approximate surface area is 98.2 Å². The summed E-state index contributed by atoms with van der Waals surface area (Å²) < 4.78 is 10.2. The average Bonchev–Trinajstić information content (AvgIpc) is 2.73. The van der Waals surface area contributed by atoms with Gasteiger partial charge in [0.15, 0.2) is 0 Å². The van der Waals surface area contributed by atoms with Crippen LogP contribution in [-0.2, 0) is 0 Å². The third-order valence-electron chi connectivity index (χ3n) is 1.91. The molecule has 1 aromatic heterocycles. The highest BCUT2D eigenvalue weighted by molar-refractivity contribution is 6.32. The number of benzene rings is 1. The van der Waals surface area contributed by atoms with Crippen molar-refractivity contribution in [2.24, 2.45) is 0 Å². The van der Waals surface area contributed by atoms with Crippen LogP contribution in [0.4, 0.5) is 0 Å². The predicted molar refractivity (Wildman–Crippen MR) is 60.5 cm³/mol. The summed E-state index contributed by atoms with van der Waals surface area (Å²) in [4.78, 5) is 3.94. The van der Waals surface area contributed by atoms with E-state index in [1.807, 2.05) is 19.9 Å². The number of nitrogens with zero attached hydrogens (tertiary/aromatic N) is 2. The van der Waals surface area contributed by atoms with Crippen molar-refractivity contribution in [1.82, 2.24) is 10.1 Å². The molecule has 1 heterocycles. The molecule has 0 radical (unpaired) electrons. The van der Waals surface area contributed by atoms with E-state index in [1.165, 1.54) is 6.39 Å². The van der Waals surface area contributed by atoms with Crippen molar-refractivity contribution in [3.8, 4) is 17.1 Å². The predicted octanol–water partition coefficient (Wildman–Crippen LogP) is 3.18. The number of hydrogen-bond acceptors (Lipinski definition) is 4. The molecule has 5 heteroatoms. The molecule has 0 fully saturated rings. The van der Waals surface area contributed by atoms with Gasteiger partial charge in [0.2, 0.25) is 12.2 Å². The number of hydrogen-bond donors (Lipinski definition) is 0. The van der Waals surface area contributed by atoms with E-state index >= 15 is 0 Å². The van der Waals surface area contributed by atoms with Gasteiger partial charge in [0.25, 0.3) is 0 Å². The van der Waals surface area contributed by atoms with Crippen LogP contribution in [0, 0.1) is 0 Å². The van der Waals surface area contributed by atoms with Crippen molar-refractivity contribution in [3.63, 3.8) is 0 Å². The first kappa shape index (κ1) is 11.0. The number of aromatic nitrogens is 2. The third kappa shape index (κ3) is 2.33. The largest absolute Gasteiger partial charge is 0.489 e. The molecule has 84 valence electrons. The molecule has 1 aromatic carbocycles. The molecule has 0 atom stereocenters. The molecular formula is C11H11ClN2O2. The summed E-state index contributed by atoms with van der Waals surface area (Å²) in [5.41, 5.74) is 0.801. The highest BCUT2D eigenvalue weighted by Crippen LogP contribution is 2.29. The van der Waals surface area contributed by atoms with Gasteiger partial charge in [-0.25, -0.2) is 0 Å². The van der Waals surface area contributed by atoms with Crippen LogP contribution in [0.2, 0.25) is 5.02 Å². The van der Waals surface area contributed by atoms with Gasteiger partial charge in [0.1, 0.15) is 5.75 Å². The minimum atomic E-state index is 0.0912. The lowest BCUT2D eigenvalue weighted by Gasteiger charge is -2.11. The minimum Gasteiger partial charge on any atom is -0.489 e. The van der Waals surface area contributed by atoms with Gasteiger partial charge in [-0.15, -0.1) is 0 Å². The van der Waals surface area contributed by atoms with E-state index < -0.39 is 0 Å². The van der Waals surface area contributed by atoms with Crippen molar-refractivity contribution in [1.29, 1.82) is 0 Å². The van der Waals surface area contributed by atoms with Crippen LogP contribution >= 0.6 is 11.6 Å². The molecule has 0 bridgehead atoms. The zero-order valence-electron chi connectivity index (χ0n) is 8.98. The monoisotopic (exact) mass is 238 g/mol. The quantitative estimate of drug-likeness (QED) is 0.824. The summed E-state index contributed by atoms with van der Waals surface area (Å²) in [5, 5.41) is 4.27. The van der Waals surface area contributed by atoms with Crippen LogP contribution in [0.25, 0.3) is 11.4 Å². The Bertz CT molecular complexity index is 469. The van der Waals surface area contributed by atoms with E-state index in [2.05, 4.69) is 14.7 Å². The number of halogens is 1. The van der Waals surface area contributed by atoms with E-state index in [9.17, 15) is 0 Å². The molecule has 16 heavy (non-hydrogen) atoms. The molecule has 0 N–H and O–H groups in total. The Hall–Kier alpha value is -1.55. The summed E-state index contributed by atoms with van der Waals surface area (Å²) >= 11 is 6.08. The fourth-order valence-corrected chi connectivity index (χ4v) is 1.51. The van der Waals surface area contributed by atoms with Crippen molar-refractivity contribution in [2.75, 3.05) is 0 Å². The van der Waals surface area contributed by atoms with E-state index in [1.54, 1.807) is 12.1 Å². The van der Waals surface area contributed by atoms with Crippen molar-refractivity contribution < 1.29 is 9.26 Å². The Morgan fingerprint density at radius 1 is 1.38 bits per heavy atom. The first-order chi connectivity index (χ1) is 7.66. The van der Waals surface area contributed by atoms with Crippen LogP contribution in [0.15, 0.2) is 29.1 Å². The molecule has 2 aromatic rings. The van der Waals surface area contributed by atoms with E-state index in [4.69, 9.17) is 16.3 Å². The third-order valence-corrected chi connectivity index (χ3v) is 2.21. The second-order valence-electron chi connectivity index (χ2n) is 3.57. The van der Waals surface area contributed by atoms with Gasteiger partial charge in [-0.2, -0.15) is 4.98 Å². The SMILES string of the molecule is CC(C)Oc1ccc(-c2ncon2)cc1Cl. The maximum absolute atomic E-state index is 6.08. The molecule has 0 spiro atoms. The molecular weight excluding hydrogens is 228 g/mol. The molecule has 0 aliphatic rings. The topological polar surface area (TPSA) is 48.2 Å². The van der Waals surface area contributed by atoms with Gasteiger partial charge in [-0.3, -0.25) is 0 Å². The maximum atomic E-state index is 6.08. The first-order valence-corrected chi connectivity index (χ1v) is 5.27. The van der Waals surface area contributed by atoms with Gasteiger partial charge in [-0.1, -0.05) is 16.8 Å². The second kappa shape index (κ2) is 4.53. The Balaban J connectivity index is 2.29. The summed E-state index contributed by atoms with van der Waals surface area (Å²) in [7, 11) is 0. The van der Waals surface area contributed by atoms with Crippen molar-refractivity contribution >= 4 is 11.6 Å². The van der Waals surface area contributed by atoms with Crippen LogP contribution in [0.5, 0.6) is 5.75 Å². The normalized spacial score (nSPS) is 10.8. The van der Waals surface area contributed by atoms with E-state index in [0.29, 0.717) is 16.6 Å². The lowest BCUT2D eigenvalue weighted by molar-refractivity contribution is 0.242. The fourth-order valence-electron chi connectivity index (χ4n) is 1.29. The van der Waals surface area contributed by atoms with Gasteiger partial charge < -0.3 is 9.26 Å². The smallest absolute Gasteiger partial charge is 0.214 e. The molecule has 0 saturated carbocycles. The zero-order valence-corrected chi connectivity index (χ0v) is 9.73. The molecule has 0 saturated heterocycles. The van der Waals surface area contributed by atoms with Gasteiger partial charge >= 0.3 is 0 Å². The summed E-state index contributed by atoms with van der Waals surface area (Å²) in [6.45, 7) is 3.90. The average molecular weight is 239 g/mol. The highest BCUT2D eigenvalue weighted by Gasteiger charge is 2.08. The minimum absolute atomic E-state index is 0.0912. The Kier molecular flexibility index (Phi) is 3.10. The van der Waals surface area contributed by atoms with Gasteiger partial charge in [-0.05, 0) is 32.0 Å². The van der Waals surface area contributed by atoms with Crippen LogP contribution < -0.4 is 4.74 Å². The second-order valence-corrected chi connectivity index (χ2v) is 3.97. The summed E-state index contributed by atoms with van der Waals surface area (Å²) in [5.74, 6) is 1.17. The molecule has 0 unspecified atom stereocenters. The number of rotatable bonds is 3. The van der Waals surface area contributed by atoms with Gasteiger partial charge in [0, 0.05) is 5.56 Å². The number of ether oxygens (including phenoxy) is 1. The van der Waals surface area contributed by atoms with Crippen molar-refractivity contribution in [2.45, 2.75) is 20.0 Å². The van der Waals surface area contributed by atoms with Crippen LogP contribution in [0.1, 0.15) is 13.8 Å². The van der Waals surface area contributed by atoms with Crippen LogP contribution in [0.3, 0.4) is 0 Å². The summed E-state index contributed by atoms with van der Waals surface area (Å²) in [6.07, 6.45) is 1.37. The molecule has 2 rings (SSSR count). The Morgan fingerprint density at radius 2 is 2.19 bits per heavy atom. The zero-order chi connectivity index (χ0) is 11.5. The molecule has 0 aliphatic carbocycles. The molecule has 0 aliphatic heterocycles. The van der Waals surface area contributed by atoms with Crippen LogP contribution in [-0.4, -0.2) is 16.2 Å². The van der Waals surface area contributed by atoms with E-state index in [-0.39, 0.29) is 6.10 Å². The molecule has 4 nitrogen and oxygen atoms in total. The standard InChI is InChI=1S/C11H11ClN2O2/c1-7(2)16-10-4-3-8(5-9(10)12)11-13-6-15-14-11/h3-7H,1-2H3. The van der Waals surface area contributed by atoms with Crippen molar-refractivity contribution in [3.05, 3.63) is 29.6 Å².